The van der Waals surface area contributed by atoms with E-state index >= 15 is 0 Å². The van der Waals surface area contributed by atoms with Crippen molar-refractivity contribution in [3.8, 4) is 0 Å². The number of nitrogens with one attached hydrogen (secondary N) is 2. The highest BCUT2D eigenvalue weighted by Crippen LogP contribution is 2.34. The molecule has 0 spiro atoms. The number of anilines is 1. The van der Waals surface area contributed by atoms with Gasteiger partial charge in [-0.25, -0.2) is 9.97 Å². The minimum Gasteiger partial charge on any atom is -0.358 e. The van der Waals surface area contributed by atoms with E-state index in [4.69, 9.17) is 0 Å². The molecule has 2 aromatic rings. The zero-order valence-corrected chi connectivity index (χ0v) is 18.2. The predicted octanol–water partition coefficient (Wildman–Crippen LogP) is 3.52. The van der Waals surface area contributed by atoms with Crippen molar-refractivity contribution in [2.24, 2.45) is 5.92 Å². The lowest BCUT2D eigenvalue weighted by atomic mass is 10.00. The summed E-state index contributed by atoms with van der Waals surface area (Å²) in [6.07, 6.45) is -1.11. The van der Waals surface area contributed by atoms with Crippen molar-refractivity contribution in [2.75, 3.05) is 25.0 Å². The Hall–Kier alpha value is -1.94. The molecule has 1 aliphatic rings. The number of alkyl halides is 3. The molecule has 0 saturated carbocycles. The standard InChI is InChI=1S/C20H28F3N5OS/c1-12(2)16(18(29)24-3)27-13-5-4-7-28(8-6-13)17-15-9-14(10-20(21,22)23)30-19(15)26-11-25-17/h9,11-13,16,27H,4-8,10H2,1-3H3,(H,24,29)/t13?,16-/m0/s1. The van der Waals surface area contributed by atoms with E-state index in [-0.39, 0.29) is 28.8 Å². The van der Waals surface area contributed by atoms with Crippen LogP contribution in [0.15, 0.2) is 12.4 Å². The Morgan fingerprint density at radius 3 is 2.73 bits per heavy atom. The van der Waals surface area contributed by atoms with Crippen LogP contribution >= 0.6 is 11.3 Å². The number of rotatable bonds is 6. The van der Waals surface area contributed by atoms with Crippen molar-refractivity contribution in [2.45, 2.75) is 57.8 Å². The summed E-state index contributed by atoms with van der Waals surface area (Å²) in [5.41, 5.74) is 0. The van der Waals surface area contributed by atoms with Gasteiger partial charge in [0.05, 0.1) is 17.8 Å². The number of carbonyl (C=O) groups is 1. The van der Waals surface area contributed by atoms with Crippen LogP contribution in [-0.4, -0.2) is 54.3 Å². The fraction of sp³-hybridized carbons (Fsp3) is 0.650. The molecule has 0 bridgehead atoms. The Balaban J connectivity index is 1.73. The van der Waals surface area contributed by atoms with Crippen molar-refractivity contribution in [3.63, 3.8) is 0 Å². The van der Waals surface area contributed by atoms with Gasteiger partial charge in [0.25, 0.3) is 0 Å². The Kier molecular flexibility index (Phi) is 7.18. The second kappa shape index (κ2) is 9.47. The summed E-state index contributed by atoms with van der Waals surface area (Å²) >= 11 is 1.07. The van der Waals surface area contributed by atoms with Crippen LogP contribution in [0.5, 0.6) is 0 Å². The van der Waals surface area contributed by atoms with Crippen molar-refractivity contribution < 1.29 is 18.0 Å². The maximum absolute atomic E-state index is 12.8. The molecule has 2 atom stereocenters. The lowest BCUT2D eigenvalue weighted by Crippen LogP contribution is -2.50. The quantitative estimate of drug-likeness (QED) is 0.715. The summed E-state index contributed by atoms with van der Waals surface area (Å²) in [5, 5.41) is 6.89. The van der Waals surface area contributed by atoms with E-state index in [0.717, 1.165) is 37.1 Å². The van der Waals surface area contributed by atoms with Crippen LogP contribution in [0.3, 0.4) is 0 Å². The first-order valence-electron chi connectivity index (χ1n) is 10.2. The number of amides is 1. The van der Waals surface area contributed by atoms with E-state index in [9.17, 15) is 18.0 Å². The van der Waals surface area contributed by atoms with Crippen LogP contribution in [0.1, 0.15) is 38.0 Å². The molecule has 1 unspecified atom stereocenters. The molecular formula is C20H28F3N5OS. The van der Waals surface area contributed by atoms with Gasteiger partial charge in [-0.2, -0.15) is 13.2 Å². The van der Waals surface area contributed by atoms with Crippen LogP contribution in [0.4, 0.5) is 19.0 Å². The molecule has 6 nitrogen and oxygen atoms in total. The molecule has 30 heavy (non-hydrogen) atoms. The SMILES string of the molecule is CNC(=O)[C@@H](NC1CCCN(c2ncnc3sc(CC(F)(F)F)cc23)CC1)C(C)C. The van der Waals surface area contributed by atoms with Crippen molar-refractivity contribution in [1.82, 2.24) is 20.6 Å². The third-order valence-corrected chi connectivity index (χ3v) is 6.42. The summed E-state index contributed by atoms with van der Waals surface area (Å²) in [5.74, 6) is 0.847. The fourth-order valence-electron chi connectivity index (χ4n) is 3.88. The van der Waals surface area contributed by atoms with Gasteiger partial charge < -0.3 is 15.5 Å². The average molecular weight is 444 g/mol. The van der Waals surface area contributed by atoms with E-state index < -0.39 is 12.6 Å². The third kappa shape index (κ3) is 5.60. The van der Waals surface area contributed by atoms with Crippen molar-refractivity contribution >= 4 is 33.3 Å². The van der Waals surface area contributed by atoms with Gasteiger partial charge in [-0.3, -0.25) is 4.79 Å². The lowest BCUT2D eigenvalue weighted by Gasteiger charge is -2.27. The smallest absolute Gasteiger partial charge is 0.358 e. The molecule has 10 heteroatoms. The number of nitrogens with zero attached hydrogens (tertiary/aromatic N) is 3. The summed E-state index contributed by atoms with van der Waals surface area (Å²) < 4.78 is 38.4. The van der Waals surface area contributed by atoms with Gasteiger partial charge in [-0.05, 0) is 31.2 Å². The minimum atomic E-state index is -4.24. The number of hydrogen-bond acceptors (Lipinski definition) is 6. The predicted molar refractivity (Wildman–Crippen MR) is 113 cm³/mol. The highest BCUT2D eigenvalue weighted by molar-refractivity contribution is 7.18. The zero-order valence-electron chi connectivity index (χ0n) is 17.4. The van der Waals surface area contributed by atoms with Crippen LogP contribution in [0.2, 0.25) is 0 Å². The molecule has 1 aliphatic heterocycles. The second-order valence-corrected chi connectivity index (χ2v) is 9.15. The molecule has 3 heterocycles. The Morgan fingerprint density at radius 2 is 2.07 bits per heavy atom. The van der Waals surface area contributed by atoms with E-state index in [0.29, 0.717) is 22.6 Å². The summed E-state index contributed by atoms with van der Waals surface area (Å²) in [6, 6.07) is 1.52. The molecule has 0 aliphatic carbocycles. The maximum Gasteiger partial charge on any atom is 0.393 e. The monoisotopic (exact) mass is 443 g/mol. The number of aromatic nitrogens is 2. The Bertz CT molecular complexity index is 870. The normalized spacial score (nSPS) is 19.2. The molecule has 1 fully saturated rings. The topological polar surface area (TPSA) is 70.2 Å². The molecule has 2 aromatic heterocycles. The van der Waals surface area contributed by atoms with Gasteiger partial charge in [0.1, 0.15) is 17.0 Å². The van der Waals surface area contributed by atoms with Crippen molar-refractivity contribution in [3.05, 3.63) is 17.3 Å². The number of likely N-dealkylation sites (N-methyl/N-ethyl adjacent to an activating group) is 1. The van der Waals surface area contributed by atoms with Gasteiger partial charge in [-0.1, -0.05) is 13.8 Å². The fourth-order valence-corrected chi connectivity index (χ4v) is 4.91. The summed E-state index contributed by atoms with van der Waals surface area (Å²) in [7, 11) is 1.64. The van der Waals surface area contributed by atoms with Gasteiger partial charge in [0, 0.05) is 31.1 Å². The van der Waals surface area contributed by atoms with Gasteiger partial charge in [0.15, 0.2) is 0 Å². The van der Waals surface area contributed by atoms with Crippen LogP contribution in [0.25, 0.3) is 10.2 Å². The Labute approximate surface area is 178 Å². The lowest BCUT2D eigenvalue weighted by molar-refractivity contribution is -0.126. The van der Waals surface area contributed by atoms with E-state index in [2.05, 4.69) is 25.5 Å². The van der Waals surface area contributed by atoms with Crippen molar-refractivity contribution in [1.29, 1.82) is 0 Å². The van der Waals surface area contributed by atoms with Gasteiger partial charge >= 0.3 is 6.18 Å². The van der Waals surface area contributed by atoms with E-state index in [1.807, 2.05) is 13.8 Å². The maximum atomic E-state index is 12.8. The molecule has 3 rings (SSSR count). The second-order valence-electron chi connectivity index (χ2n) is 8.04. The molecule has 0 radical (unpaired) electrons. The van der Waals surface area contributed by atoms with E-state index in [1.54, 1.807) is 13.1 Å². The molecule has 1 saturated heterocycles. The molecule has 1 amide bonds. The average Bonchev–Trinajstić information content (AvgIpc) is 2.92. The Morgan fingerprint density at radius 1 is 1.30 bits per heavy atom. The first-order chi connectivity index (χ1) is 14.2. The highest BCUT2D eigenvalue weighted by atomic mass is 32.1. The molecule has 2 N–H and O–H groups in total. The largest absolute Gasteiger partial charge is 0.393 e. The first kappa shape index (κ1) is 22.7. The summed E-state index contributed by atoms with van der Waals surface area (Å²) in [4.78, 5) is 23.7. The zero-order chi connectivity index (χ0) is 21.9. The van der Waals surface area contributed by atoms with Crippen LogP contribution < -0.4 is 15.5 Å². The van der Waals surface area contributed by atoms with E-state index in [1.165, 1.54) is 6.33 Å². The third-order valence-electron chi connectivity index (χ3n) is 5.37. The summed E-state index contributed by atoms with van der Waals surface area (Å²) in [6.45, 7) is 5.51. The number of thiophene rings is 1. The number of carbonyl (C=O) groups excluding carboxylic acids is 1. The van der Waals surface area contributed by atoms with Crippen LogP contribution in [0, 0.1) is 5.92 Å². The minimum absolute atomic E-state index is 0.0147. The van der Waals surface area contributed by atoms with Gasteiger partial charge in [0.2, 0.25) is 5.91 Å². The number of hydrogen-bond donors (Lipinski definition) is 2. The highest BCUT2D eigenvalue weighted by Gasteiger charge is 2.30. The molecular weight excluding hydrogens is 415 g/mol. The number of fused-ring (bicyclic) bond motifs is 1. The van der Waals surface area contributed by atoms with Crippen LogP contribution in [-0.2, 0) is 11.2 Å². The number of halogens is 3. The molecule has 0 aromatic carbocycles. The van der Waals surface area contributed by atoms with Gasteiger partial charge in [-0.15, -0.1) is 11.3 Å². The first-order valence-corrected chi connectivity index (χ1v) is 11.0. The molecule has 166 valence electrons.